The molecule has 0 aliphatic carbocycles. The molecule has 0 saturated carbocycles. The monoisotopic (exact) mass is 871 g/mol. The van der Waals surface area contributed by atoms with Gasteiger partial charge in [0.15, 0.2) is 0 Å². The molecular weight excluding hydrogens is 785 g/mol. The van der Waals surface area contributed by atoms with E-state index in [0.717, 1.165) is 25.7 Å². The van der Waals surface area contributed by atoms with Crippen LogP contribution in [0.4, 0.5) is 0 Å². The van der Waals surface area contributed by atoms with E-state index in [1.54, 1.807) is 38.1 Å². The maximum atomic E-state index is 11.5. The Bertz CT molecular complexity index is 1400. The number of unbranched alkanes of at least 4 members (excludes halogenated alkanes) is 30. The molecule has 0 unspecified atom stereocenters. The van der Waals surface area contributed by atoms with E-state index in [1.807, 2.05) is 12.1 Å². The maximum absolute atomic E-state index is 11.5. The van der Waals surface area contributed by atoms with Crippen molar-refractivity contribution in [3.05, 3.63) is 58.7 Å². The van der Waals surface area contributed by atoms with Crippen LogP contribution in [0.2, 0.25) is 0 Å². The van der Waals surface area contributed by atoms with Crippen LogP contribution in [0, 0.1) is 13.8 Å². The summed E-state index contributed by atoms with van der Waals surface area (Å²) >= 11 is 0. The third kappa shape index (κ3) is 30.7. The summed E-state index contributed by atoms with van der Waals surface area (Å²) in [6, 6.07) is 10.6. The van der Waals surface area contributed by atoms with Crippen LogP contribution in [-0.4, -0.2) is 49.0 Å². The molecule has 0 atom stereocenters. The Balaban J connectivity index is 0.00000112. The van der Waals surface area contributed by atoms with E-state index in [9.17, 15) is 25.9 Å². The summed E-state index contributed by atoms with van der Waals surface area (Å²) in [7, 11) is -8.77. The van der Waals surface area contributed by atoms with E-state index in [2.05, 4.69) is 13.8 Å². The molecular formula is C50H86MgO6S2. The fourth-order valence-electron chi connectivity index (χ4n) is 8.26. The second-order valence-electron chi connectivity index (χ2n) is 17.1. The summed E-state index contributed by atoms with van der Waals surface area (Å²) in [5.74, 6) is 0. The van der Waals surface area contributed by atoms with Gasteiger partial charge in [-0.15, -0.1) is 0 Å². The van der Waals surface area contributed by atoms with Gasteiger partial charge in [-0.2, -0.15) is 0 Å². The molecule has 9 heteroatoms. The predicted octanol–water partition coefficient (Wildman–Crippen LogP) is 15.0. The molecule has 336 valence electrons. The Hall–Kier alpha value is -0.974. The Morgan fingerprint density at radius 1 is 0.356 bits per heavy atom. The second-order valence-corrected chi connectivity index (χ2v) is 19.8. The summed E-state index contributed by atoms with van der Waals surface area (Å²) in [4.78, 5) is 0.00178. The Morgan fingerprint density at radius 3 is 0.763 bits per heavy atom. The van der Waals surface area contributed by atoms with Gasteiger partial charge in [0, 0.05) is 0 Å². The quantitative estimate of drug-likeness (QED) is 0.0383. The van der Waals surface area contributed by atoms with Gasteiger partial charge in [0.1, 0.15) is 20.2 Å². The first-order chi connectivity index (χ1) is 27.9. The summed E-state index contributed by atoms with van der Waals surface area (Å²) < 4.78 is 68.9. The molecule has 2 aromatic rings. The maximum Gasteiger partial charge on any atom is 2.00 e. The Kier molecular flexibility index (Phi) is 36.9. The van der Waals surface area contributed by atoms with E-state index in [1.165, 1.54) is 180 Å². The van der Waals surface area contributed by atoms with E-state index < -0.39 is 20.2 Å². The molecule has 0 N–H and O–H groups in total. The molecule has 0 aliphatic rings. The van der Waals surface area contributed by atoms with Crippen LogP contribution in [0.3, 0.4) is 0 Å². The summed E-state index contributed by atoms with van der Waals surface area (Å²) in [6.45, 7) is 7.93. The predicted molar refractivity (Wildman–Crippen MR) is 251 cm³/mol. The van der Waals surface area contributed by atoms with Crippen molar-refractivity contribution in [2.24, 2.45) is 0 Å². The standard InChI is InChI=1S/2C25H44O3S.Mg/c2*1-3-4-5-6-7-8-9-10-11-12-13-14-15-16-17-18-21-24-22-19-20-23(2)25(24)29(26,27)28;/h2*19-20,22H,3-18,21H2,1-2H3,(H,26,27,28);/q;;+2/p-2. The number of hydrogen-bond acceptors (Lipinski definition) is 6. The number of benzene rings is 2. The fraction of sp³-hybridized carbons (Fsp3) is 0.760. The number of aryl methyl sites for hydroxylation is 4. The molecule has 0 aromatic heterocycles. The summed E-state index contributed by atoms with van der Waals surface area (Å²) in [6.07, 6.45) is 43.6. The molecule has 0 heterocycles. The topological polar surface area (TPSA) is 114 Å². The van der Waals surface area contributed by atoms with Crippen molar-refractivity contribution in [3.8, 4) is 0 Å². The van der Waals surface area contributed by atoms with E-state index in [-0.39, 0.29) is 32.8 Å². The van der Waals surface area contributed by atoms with Crippen LogP contribution >= 0.6 is 0 Å². The smallest absolute Gasteiger partial charge is 0.744 e. The van der Waals surface area contributed by atoms with Crippen molar-refractivity contribution in [2.75, 3.05) is 0 Å². The molecule has 0 spiro atoms. The normalized spacial score (nSPS) is 11.6. The minimum absolute atomic E-state index is 0. The average molecular weight is 872 g/mol. The van der Waals surface area contributed by atoms with Gasteiger partial charge in [-0.05, 0) is 61.8 Å². The van der Waals surface area contributed by atoms with Gasteiger partial charge in [0.25, 0.3) is 0 Å². The van der Waals surface area contributed by atoms with Crippen LogP contribution in [0.15, 0.2) is 46.2 Å². The molecule has 0 saturated heterocycles. The molecule has 0 aliphatic heterocycles. The molecule has 0 amide bonds. The first-order valence-electron chi connectivity index (χ1n) is 24.0. The molecule has 0 fully saturated rings. The minimum atomic E-state index is -4.39. The molecule has 0 bridgehead atoms. The van der Waals surface area contributed by atoms with Crippen molar-refractivity contribution >= 4 is 43.3 Å². The van der Waals surface area contributed by atoms with Crippen LogP contribution in [0.25, 0.3) is 0 Å². The van der Waals surface area contributed by atoms with Gasteiger partial charge >= 0.3 is 23.1 Å². The molecule has 59 heavy (non-hydrogen) atoms. The fourth-order valence-corrected chi connectivity index (χ4v) is 10.2. The SMILES string of the molecule is CCCCCCCCCCCCCCCCCCc1cccc(C)c1S(=O)(=O)[O-].CCCCCCCCCCCCCCCCCCc1cccc(C)c1S(=O)(=O)[O-].[Mg+2]. The number of hydrogen-bond donors (Lipinski definition) is 0. The van der Waals surface area contributed by atoms with Crippen LogP contribution in [0.5, 0.6) is 0 Å². The summed E-state index contributed by atoms with van der Waals surface area (Å²) in [5, 5.41) is 0. The van der Waals surface area contributed by atoms with Crippen molar-refractivity contribution in [1.29, 1.82) is 0 Å². The molecule has 6 nitrogen and oxygen atoms in total. The zero-order chi connectivity index (χ0) is 42.7. The van der Waals surface area contributed by atoms with E-state index in [4.69, 9.17) is 0 Å². The van der Waals surface area contributed by atoms with E-state index in [0.29, 0.717) is 35.1 Å². The largest absolute Gasteiger partial charge is 2.00 e. The Morgan fingerprint density at radius 2 is 0.559 bits per heavy atom. The first-order valence-corrected chi connectivity index (χ1v) is 26.8. The van der Waals surface area contributed by atoms with Crippen LogP contribution in [0.1, 0.15) is 242 Å². The zero-order valence-corrected chi connectivity index (χ0v) is 41.5. The van der Waals surface area contributed by atoms with Crippen molar-refractivity contribution in [1.82, 2.24) is 0 Å². The molecule has 0 radical (unpaired) electrons. The number of rotatable bonds is 36. The van der Waals surface area contributed by atoms with Crippen LogP contribution in [-0.2, 0) is 33.1 Å². The van der Waals surface area contributed by atoms with Gasteiger partial charge in [-0.1, -0.05) is 243 Å². The molecule has 2 rings (SSSR count). The first kappa shape index (κ1) is 58.0. The van der Waals surface area contributed by atoms with Crippen molar-refractivity contribution in [3.63, 3.8) is 0 Å². The van der Waals surface area contributed by atoms with Gasteiger partial charge < -0.3 is 9.11 Å². The molecule has 2 aromatic carbocycles. The van der Waals surface area contributed by atoms with E-state index >= 15 is 0 Å². The van der Waals surface area contributed by atoms with Crippen molar-refractivity contribution in [2.45, 2.75) is 256 Å². The zero-order valence-electron chi connectivity index (χ0n) is 38.5. The third-order valence-electron chi connectivity index (χ3n) is 11.7. The van der Waals surface area contributed by atoms with Crippen LogP contribution < -0.4 is 0 Å². The van der Waals surface area contributed by atoms with Gasteiger partial charge in [0.05, 0.1) is 9.79 Å². The van der Waals surface area contributed by atoms with Gasteiger partial charge in [-0.3, -0.25) is 0 Å². The third-order valence-corrected chi connectivity index (χ3v) is 13.9. The van der Waals surface area contributed by atoms with Gasteiger partial charge in [0.2, 0.25) is 0 Å². The average Bonchev–Trinajstić information content (AvgIpc) is 3.17. The van der Waals surface area contributed by atoms with Gasteiger partial charge in [-0.25, -0.2) is 16.8 Å². The second kappa shape index (κ2) is 37.6. The van der Waals surface area contributed by atoms with Crippen molar-refractivity contribution < 1.29 is 25.9 Å². The summed E-state index contributed by atoms with van der Waals surface area (Å²) in [5.41, 5.74) is 2.50. The Labute approximate surface area is 381 Å². The minimum Gasteiger partial charge on any atom is -0.744 e.